The van der Waals surface area contributed by atoms with Gasteiger partial charge in [-0.25, -0.2) is 14.4 Å². The zero-order valence-corrected chi connectivity index (χ0v) is 21.9. The third-order valence-electron chi connectivity index (χ3n) is 8.24. The normalized spacial score (nSPS) is 22.2. The molecule has 1 aromatic carbocycles. The zero-order chi connectivity index (χ0) is 25.6. The lowest BCUT2D eigenvalue weighted by atomic mass is 9.90. The number of benzene rings is 1. The van der Waals surface area contributed by atoms with Crippen LogP contribution in [0.1, 0.15) is 56.1 Å². The number of methoxy groups -OCH3 is 1. The summed E-state index contributed by atoms with van der Waals surface area (Å²) in [5.41, 5.74) is 1.44. The number of piperidine rings is 2. The number of halogens is 1. The van der Waals surface area contributed by atoms with E-state index in [2.05, 4.69) is 14.9 Å². The van der Waals surface area contributed by atoms with Crippen molar-refractivity contribution in [3.05, 3.63) is 47.5 Å². The maximum atomic E-state index is 14.6. The number of rotatable bonds is 10. The summed E-state index contributed by atoms with van der Waals surface area (Å²) in [6.45, 7) is 4.73. The summed E-state index contributed by atoms with van der Waals surface area (Å²) < 4.78 is 25.6. The predicted molar refractivity (Wildman–Crippen MR) is 140 cm³/mol. The molecule has 3 fully saturated rings. The minimum atomic E-state index is -0.351. The van der Waals surface area contributed by atoms with E-state index in [1.165, 1.54) is 31.7 Å². The molecule has 8 heteroatoms. The first kappa shape index (κ1) is 25.9. The fraction of sp³-hybridized carbons (Fsp3) is 0.621. The Morgan fingerprint density at radius 1 is 1.08 bits per heavy atom. The van der Waals surface area contributed by atoms with Gasteiger partial charge >= 0.3 is 0 Å². The van der Waals surface area contributed by atoms with E-state index >= 15 is 0 Å². The molecule has 7 nitrogen and oxygen atoms in total. The molecule has 2 atom stereocenters. The summed E-state index contributed by atoms with van der Waals surface area (Å²) in [7, 11) is 1.68. The van der Waals surface area contributed by atoms with E-state index in [0.717, 1.165) is 68.8 Å². The Balaban J connectivity index is 1.01. The van der Waals surface area contributed by atoms with Crippen LogP contribution in [0.5, 0.6) is 5.75 Å². The van der Waals surface area contributed by atoms with Crippen LogP contribution in [0, 0.1) is 23.6 Å². The first-order valence-electron chi connectivity index (χ1n) is 13.8. The van der Waals surface area contributed by atoms with Crippen LogP contribution in [0.4, 0.5) is 10.3 Å². The molecule has 1 aliphatic carbocycles. The zero-order valence-electron chi connectivity index (χ0n) is 21.9. The van der Waals surface area contributed by atoms with Crippen molar-refractivity contribution >= 4 is 11.9 Å². The quantitative estimate of drug-likeness (QED) is 0.464. The molecule has 3 aliphatic rings. The highest BCUT2D eigenvalue weighted by Gasteiger charge is 2.43. The maximum absolute atomic E-state index is 14.6. The largest absolute Gasteiger partial charge is 0.493 e. The topological polar surface area (TPSA) is 67.8 Å². The van der Waals surface area contributed by atoms with Crippen LogP contribution >= 0.6 is 0 Å². The summed E-state index contributed by atoms with van der Waals surface area (Å²) in [4.78, 5) is 25.6. The number of nitrogens with zero attached hydrogens (tertiary/aromatic N) is 4. The molecule has 1 amide bonds. The van der Waals surface area contributed by atoms with Crippen molar-refractivity contribution in [3.8, 4) is 5.75 Å². The third kappa shape index (κ3) is 6.78. The van der Waals surface area contributed by atoms with E-state index in [9.17, 15) is 9.18 Å². The summed E-state index contributed by atoms with van der Waals surface area (Å²) in [6.07, 6.45) is 11.7. The molecule has 1 saturated carbocycles. The van der Waals surface area contributed by atoms with Crippen molar-refractivity contribution in [3.63, 3.8) is 0 Å². The number of anilines is 1. The second kappa shape index (κ2) is 12.2. The van der Waals surface area contributed by atoms with Crippen LogP contribution in [0.25, 0.3) is 0 Å². The van der Waals surface area contributed by atoms with Gasteiger partial charge in [-0.15, -0.1) is 0 Å². The van der Waals surface area contributed by atoms with E-state index in [0.29, 0.717) is 30.4 Å². The minimum Gasteiger partial charge on any atom is -0.493 e. The van der Waals surface area contributed by atoms with E-state index in [4.69, 9.17) is 9.47 Å². The SMILES string of the molecule is COCc1cnc(N2CCC(C3CC3CCOc3ccc(CC(=O)N4CCCCC4)c(F)c3)CC2)nc1. The molecule has 200 valence electrons. The molecule has 0 spiro atoms. The van der Waals surface area contributed by atoms with Gasteiger partial charge in [-0.3, -0.25) is 4.79 Å². The highest BCUT2D eigenvalue weighted by molar-refractivity contribution is 5.79. The summed E-state index contributed by atoms with van der Waals surface area (Å²) in [6, 6.07) is 4.93. The maximum Gasteiger partial charge on any atom is 0.227 e. The first-order chi connectivity index (χ1) is 18.1. The molecule has 2 aliphatic heterocycles. The Hall–Kier alpha value is -2.74. The summed E-state index contributed by atoms with van der Waals surface area (Å²) in [5.74, 6) is 3.26. The van der Waals surface area contributed by atoms with Gasteiger partial charge in [0.25, 0.3) is 0 Å². The van der Waals surface area contributed by atoms with Gasteiger partial charge in [0, 0.05) is 57.3 Å². The van der Waals surface area contributed by atoms with E-state index < -0.39 is 0 Å². The molecule has 2 aromatic rings. The molecule has 1 aromatic heterocycles. The number of hydrogen-bond acceptors (Lipinski definition) is 6. The number of aromatic nitrogens is 2. The Bertz CT molecular complexity index is 1040. The molecule has 0 N–H and O–H groups in total. The highest BCUT2D eigenvalue weighted by atomic mass is 19.1. The van der Waals surface area contributed by atoms with Crippen LogP contribution < -0.4 is 9.64 Å². The average Bonchev–Trinajstić information content (AvgIpc) is 3.71. The molecule has 2 saturated heterocycles. The van der Waals surface area contributed by atoms with Gasteiger partial charge in [0.05, 0.1) is 19.6 Å². The lowest BCUT2D eigenvalue weighted by Crippen LogP contribution is -2.36. The standard InChI is InChI=1S/C29H39FN4O3/c1-36-20-21-18-31-29(32-19-21)34-12-7-22(8-13-34)26-15-23(26)9-14-37-25-6-5-24(27(30)17-25)16-28(35)33-10-3-2-4-11-33/h5-6,17-19,22-23,26H,2-4,7-16,20H2,1H3. The Labute approximate surface area is 219 Å². The molecule has 37 heavy (non-hydrogen) atoms. The van der Waals surface area contributed by atoms with E-state index in [1.54, 1.807) is 19.2 Å². The second-order valence-corrected chi connectivity index (χ2v) is 10.8. The molecular weight excluding hydrogens is 471 g/mol. The van der Waals surface area contributed by atoms with Gasteiger partial charge in [0.1, 0.15) is 11.6 Å². The van der Waals surface area contributed by atoms with Gasteiger partial charge in [-0.1, -0.05) is 6.07 Å². The third-order valence-corrected chi connectivity index (χ3v) is 8.24. The van der Waals surface area contributed by atoms with Crippen molar-refractivity contribution < 1.29 is 18.7 Å². The number of hydrogen-bond donors (Lipinski definition) is 0. The fourth-order valence-corrected chi connectivity index (χ4v) is 5.97. The van der Waals surface area contributed by atoms with Crippen LogP contribution in [-0.2, 0) is 22.6 Å². The van der Waals surface area contributed by atoms with Crippen LogP contribution in [0.2, 0.25) is 0 Å². The minimum absolute atomic E-state index is 0.0189. The van der Waals surface area contributed by atoms with E-state index in [1.807, 2.05) is 17.3 Å². The number of amides is 1. The lowest BCUT2D eigenvalue weighted by Gasteiger charge is -2.32. The van der Waals surface area contributed by atoms with Gasteiger partial charge in [0.15, 0.2) is 0 Å². The van der Waals surface area contributed by atoms with Crippen molar-refractivity contribution in [2.75, 3.05) is 44.8 Å². The Kier molecular flexibility index (Phi) is 8.54. The predicted octanol–water partition coefficient (Wildman–Crippen LogP) is 4.64. The number of likely N-dealkylation sites (tertiary alicyclic amines) is 1. The summed E-state index contributed by atoms with van der Waals surface area (Å²) >= 11 is 0. The van der Waals surface area contributed by atoms with Crippen molar-refractivity contribution in [2.24, 2.45) is 17.8 Å². The summed E-state index contributed by atoms with van der Waals surface area (Å²) in [5, 5.41) is 0. The van der Waals surface area contributed by atoms with Crippen LogP contribution in [0.15, 0.2) is 30.6 Å². The molecule has 0 radical (unpaired) electrons. The lowest BCUT2D eigenvalue weighted by molar-refractivity contribution is -0.131. The average molecular weight is 511 g/mol. The fourth-order valence-electron chi connectivity index (χ4n) is 5.97. The smallest absolute Gasteiger partial charge is 0.227 e. The van der Waals surface area contributed by atoms with E-state index in [-0.39, 0.29) is 18.1 Å². The molecular formula is C29H39FN4O3. The molecule has 0 bridgehead atoms. The van der Waals surface area contributed by atoms with Crippen LogP contribution in [0.3, 0.4) is 0 Å². The van der Waals surface area contributed by atoms with Gasteiger partial charge in [0.2, 0.25) is 11.9 Å². The number of ether oxygens (including phenoxy) is 2. The van der Waals surface area contributed by atoms with Gasteiger partial charge in [-0.05, 0) is 74.3 Å². The van der Waals surface area contributed by atoms with Crippen molar-refractivity contribution in [1.29, 1.82) is 0 Å². The second-order valence-electron chi connectivity index (χ2n) is 10.8. The Morgan fingerprint density at radius 3 is 2.54 bits per heavy atom. The first-order valence-corrected chi connectivity index (χ1v) is 13.8. The van der Waals surface area contributed by atoms with Gasteiger partial charge < -0.3 is 19.3 Å². The highest BCUT2D eigenvalue weighted by Crippen LogP contribution is 2.49. The van der Waals surface area contributed by atoms with Crippen molar-refractivity contribution in [1.82, 2.24) is 14.9 Å². The van der Waals surface area contributed by atoms with Gasteiger partial charge in [-0.2, -0.15) is 0 Å². The van der Waals surface area contributed by atoms with Crippen LogP contribution in [-0.4, -0.2) is 60.7 Å². The number of carbonyl (C=O) groups is 1. The molecule has 2 unspecified atom stereocenters. The Morgan fingerprint density at radius 2 is 1.84 bits per heavy atom. The molecule has 3 heterocycles. The monoisotopic (exact) mass is 510 g/mol. The van der Waals surface area contributed by atoms with Crippen molar-refractivity contribution in [2.45, 2.75) is 58.0 Å². The number of carbonyl (C=O) groups excluding carboxylic acids is 1. The molecule has 5 rings (SSSR count).